The van der Waals surface area contributed by atoms with Crippen molar-refractivity contribution in [2.75, 3.05) is 26.2 Å². The lowest BCUT2D eigenvalue weighted by Gasteiger charge is -2.19. The van der Waals surface area contributed by atoms with E-state index >= 15 is 0 Å². The van der Waals surface area contributed by atoms with E-state index in [0.717, 1.165) is 42.1 Å². The van der Waals surface area contributed by atoms with Crippen molar-refractivity contribution in [1.82, 2.24) is 20.0 Å². The molecule has 0 radical (unpaired) electrons. The standard InChI is InChI=1S/C23H32N4O/c1-19-22(20(2)27(25-19)21-11-6-5-7-12-21)13-14-23(28)24-15-10-18-26-16-8-3-4-9-17-26/h5-7,11-14H,3-4,8-10,15-18H2,1-2H3,(H,24,28). The topological polar surface area (TPSA) is 50.2 Å². The molecule has 1 N–H and O–H groups in total. The average Bonchev–Trinajstić information content (AvgIpc) is 2.88. The van der Waals surface area contributed by atoms with Gasteiger partial charge in [0.2, 0.25) is 5.91 Å². The molecule has 1 aromatic carbocycles. The second kappa shape index (κ2) is 10.2. The number of aromatic nitrogens is 2. The van der Waals surface area contributed by atoms with E-state index < -0.39 is 0 Å². The molecule has 2 aromatic rings. The van der Waals surface area contributed by atoms with Crippen LogP contribution in [0.2, 0.25) is 0 Å². The van der Waals surface area contributed by atoms with E-state index in [1.807, 2.05) is 54.9 Å². The first kappa shape index (κ1) is 20.3. The van der Waals surface area contributed by atoms with E-state index in [0.29, 0.717) is 0 Å². The van der Waals surface area contributed by atoms with Crippen LogP contribution < -0.4 is 5.32 Å². The number of carbonyl (C=O) groups is 1. The van der Waals surface area contributed by atoms with E-state index in [4.69, 9.17) is 0 Å². The third-order valence-electron chi connectivity index (χ3n) is 5.40. The predicted octanol–water partition coefficient (Wildman–Crippen LogP) is 3.88. The fourth-order valence-electron chi connectivity index (χ4n) is 3.81. The lowest BCUT2D eigenvalue weighted by molar-refractivity contribution is -0.116. The zero-order valence-corrected chi connectivity index (χ0v) is 17.2. The molecule has 150 valence electrons. The number of para-hydroxylation sites is 1. The number of carbonyl (C=O) groups excluding carboxylic acids is 1. The Labute approximate surface area is 168 Å². The predicted molar refractivity (Wildman–Crippen MR) is 115 cm³/mol. The van der Waals surface area contributed by atoms with Gasteiger partial charge in [-0.25, -0.2) is 4.68 Å². The molecule has 2 heterocycles. The van der Waals surface area contributed by atoms with Crippen LogP contribution in [0.15, 0.2) is 36.4 Å². The first-order valence-corrected chi connectivity index (χ1v) is 10.4. The van der Waals surface area contributed by atoms with Crippen molar-refractivity contribution >= 4 is 12.0 Å². The third kappa shape index (κ3) is 5.55. The summed E-state index contributed by atoms with van der Waals surface area (Å²) < 4.78 is 1.92. The maximum absolute atomic E-state index is 12.2. The lowest BCUT2D eigenvalue weighted by Crippen LogP contribution is -2.30. The lowest BCUT2D eigenvalue weighted by atomic mass is 10.2. The van der Waals surface area contributed by atoms with Gasteiger partial charge in [-0.1, -0.05) is 31.0 Å². The number of nitrogens with one attached hydrogen (secondary N) is 1. The summed E-state index contributed by atoms with van der Waals surface area (Å²) in [6, 6.07) is 10.1. The highest BCUT2D eigenvalue weighted by Crippen LogP contribution is 2.19. The van der Waals surface area contributed by atoms with E-state index in [1.165, 1.54) is 38.8 Å². The van der Waals surface area contributed by atoms with Gasteiger partial charge in [0, 0.05) is 23.9 Å². The molecule has 5 heteroatoms. The molecule has 0 unspecified atom stereocenters. The van der Waals surface area contributed by atoms with Crippen molar-refractivity contribution in [2.24, 2.45) is 0 Å². The van der Waals surface area contributed by atoms with E-state index in [1.54, 1.807) is 6.08 Å². The van der Waals surface area contributed by atoms with Gasteiger partial charge in [0.15, 0.2) is 0 Å². The normalized spacial score (nSPS) is 15.6. The van der Waals surface area contributed by atoms with Crippen molar-refractivity contribution in [3.05, 3.63) is 53.4 Å². The van der Waals surface area contributed by atoms with Crippen molar-refractivity contribution in [1.29, 1.82) is 0 Å². The molecule has 0 spiro atoms. The maximum Gasteiger partial charge on any atom is 0.244 e. The fraction of sp³-hybridized carbons (Fsp3) is 0.478. The molecule has 3 rings (SSSR count). The third-order valence-corrected chi connectivity index (χ3v) is 5.40. The number of aryl methyl sites for hydroxylation is 1. The molecule has 1 fully saturated rings. The summed E-state index contributed by atoms with van der Waals surface area (Å²) in [5.74, 6) is -0.0397. The highest BCUT2D eigenvalue weighted by Gasteiger charge is 2.11. The summed E-state index contributed by atoms with van der Waals surface area (Å²) in [4.78, 5) is 14.7. The zero-order chi connectivity index (χ0) is 19.8. The van der Waals surface area contributed by atoms with Gasteiger partial charge in [0.25, 0.3) is 0 Å². The maximum atomic E-state index is 12.2. The molecular weight excluding hydrogens is 348 g/mol. The number of hydrogen-bond acceptors (Lipinski definition) is 3. The van der Waals surface area contributed by atoms with Crippen molar-refractivity contribution in [3.8, 4) is 5.69 Å². The summed E-state index contributed by atoms with van der Waals surface area (Å²) in [5, 5.41) is 7.63. The van der Waals surface area contributed by atoms with Crippen LogP contribution in [0, 0.1) is 13.8 Å². The molecule has 1 aliphatic heterocycles. The van der Waals surface area contributed by atoms with Gasteiger partial charge in [-0.3, -0.25) is 4.79 Å². The number of likely N-dealkylation sites (tertiary alicyclic amines) is 1. The second-order valence-electron chi connectivity index (χ2n) is 7.57. The number of benzene rings is 1. The van der Waals surface area contributed by atoms with E-state index in [-0.39, 0.29) is 5.91 Å². The quantitative estimate of drug-likeness (QED) is 0.586. The van der Waals surface area contributed by atoms with Crippen LogP contribution in [0.4, 0.5) is 0 Å². The van der Waals surface area contributed by atoms with Crippen LogP contribution >= 0.6 is 0 Å². The van der Waals surface area contributed by atoms with Crippen molar-refractivity contribution in [2.45, 2.75) is 46.0 Å². The molecule has 1 amide bonds. The van der Waals surface area contributed by atoms with Gasteiger partial charge in [-0.05, 0) is 71.0 Å². The molecule has 28 heavy (non-hydrogen) atoms. The average molecular weight is 381 g/mol. The van der Waals surface area contributed by atoms with Gasteiger partial charge in [-0.15, -0.1) is 0 Å². The Morgan fingerprint density at radius 2 is 1.82 bits per heavy atom. The Bertz CT molecular complexity index is 786. The van der Waals surface area contributed by atoms with Crippen molar-refractivity contribution < 1.29 is 4.79 Å². The SMILES string of the molecule is Cc1nn(-c2ccccc2)c(C)c1C=CC(=O)NCCCN1CCCCCC1. The molecule has 5 nitrogen and oxygen atoms in total. The fourth-order valence-corrected chi connectivity index (χ4v) is 3.81. The van der Waals surface area contributed by atoms with E-state index in [9.17, 15) is 4.79 Å². The van der Waals surface area contributed by atoms with Gasteiger partial charge in [0.05, 0.1) is 11.4 Å². The van der Waals surface area contributed by atoms with Gasteiger partial charge in [-0.2, -0.15) is 5.10 Å². The summed E-state index contributed by atoms with van der Waals surface area (Å²) in [7, 11) is 0. The van der Waals surface area contributed by atoms with Crippen LogP contribution in [0.1, 0.15) is 49.1 Å². The Hall–Kier alpha value is -2.40. The first-order chi connectivity index (χ1) is 13.6. The van der Waals surface area contributed by atoms with Crippen LogP contribution in [-0.4, -0.2) is 46.8 Å². The van der Waals surface area contributed by atoms with Gasteiger partial charge >= 0.3 is 0 Å². The second-order valence-corrected chi connectivity index (χ2v) is 7.57. The summed E-state index contributed by atoms with van der Waals surface area (Å²) >= 11 is 0. The first-order valence-electron chi connectivity index (χ1n) is 10.4. The molecule has 0 aliphatic carbocycles. The molecule has 0 saturated carbocycles. The highest BCUT2D eigenvalue weighted by molar-refractivity contribution is 5.92. The minimum atomic E-state index is -0.0397. The number of amides is 1. The summed E-state index contributed by atoms with van der Waals surface area (Å²) in [6.45, 7) is 8.22. The van der Waals surface area contributed by atoms with Crippen LogP contribution in [0.3, 0.4) is 0 Å². The largest absolute Gasteiger partial charge is 0.353 e. The minimum absolute atomic E-state index is 0.0397. The minimum Gasteiger partial charge on any atom is -0.353 e. The Morgan fingerprint density at radius 1 is 1.11 bits per heavy atom. The smallest absolute Gasteiger partial charge is 0.244 e. The summed E-state index contributed by atoms with van der Waals surface area (Å²) in [6.07, 6.45) is 9.84. The monoisotopic (exact) mass is 380 g/mol. The van der Waals surface area contributed by atoms with Crippen LogP contribution in [0.5, 0.6) is 0 Å². The van der Waals surface area contributed by atoms with Crippen LogP contribution in [-0.2, 0) is 4.79 Å². The number of nitrogens with zero attached hydrogens (tertiary/aromatic N) is 3. The molecule has 1 saturated heterocycles. The Kier molecular flexibility index (Phi) is 7.43. The number of hydrogen-bond donors (Lipinski definition) is 1. The molecular formula is C23H32N4O. The Balaban J connectivity index is 1.49. The van der Waals surface area contributed by atoms with Gasteiger partial charge < -0.3 is 10.2 Å². The molecule has 0 bridgehead atoms. The molecule has 1 aromatic heterocycles. The molecule has 1 aliphatic rings. The van der Waals surface area contributed by atoms with Crippen LogP contribution in [0.25, 0.3) is 11.8 Å². The van der Waals surface area contributed by atoms with Crippen molar-refractivity contribution in [3.63, 3.8) is 0 Å². The number of rotatable bonds is 7. The molecule has 0 atom stereocenters. The van der Waals surface area contributed by atoms with Gasteiger partial charge in [0.1, 0.15) is 0 Å². The zero-order valence-electron chi connectivity index (χ0n) is 17.2. The highest BCUT2D eigenvalue weighted by atomic mass is 16.1. The van der Waals surface area contributed by atoms with E-state index in [2.05, 4.69) is 15.3 Å². The summed E-state index contributed by atoms with van der Waals surface area (Å²) in [5.41, 5.74) is 3.99. The Morgan fingerprint density at radius 3 is 2.54 bits per heavy atom.